The van der Waals surface area contributed by atoms with Crippen LogP contribution < -0.4 is 0 Å². The molecule has 18 heavy (non-hydrogen) atoms. The van der Waals surface area contributed by atoms with Crippen molar-refractivity contribution in [1.82, 2.24) is 9.80 Å². The Hall–Kier alpha value is -0.730. The lowest BCUT2D eigenvalue weighted by atomic mass is 9.73. The van der Waals surface area contributed by atoms with Gasteiger partial charge in [0.2, 0.25) is 0 Å². The van der Waals surface area contributed by atoms with Crippen LogP contribution in [-0.4, -0.2) is 40.5 Å². The van der Waals surface area contributed by atoms with Crippen molar-refractivity contribution in [2.45, 2.75) is 76.3 Å². The average Bonchev–Trinajstić information content (AvgIpc) is 2.39. The van der Waals surface area contributed by atoms with Gasteiger partial charge in [0.1, 0.15) is 0 Å². The maximum atomic E-state index is 12.7. The zero-order valence-corrected chi connectivity index (χ0v) is 11.7. The van der Waals surface area contributed by atoms with E-state index >= 15 is 0 Å². The molecule has 1 spiro atoms. The second kappa shape index (κ2) is 4.75. The minimum Gasteiger partial charge on any atom is -0.322 e. The first-order valence-electron chi connectivity index (χ1n) is 7.81. The minimum atomic E-state index is 0.270. The van der Waals surface area contributed by atoms with Crippen molar-refractivity contribution in [1.29, 1.82) is 0 Å². The van der Waals surface area contributed by atoms with Gasteiger partial charge in [0.25, 0.3) is 0 Å². The first-order valence-corrected chi connectivity index (χ1v) is 7.81. The number of urea groups is 1. The number of piperidine rings is 1. The number of amides is 2. The van der Waals surface area contributed by atoms with Gasteiger partial charge in [-0.3, -0.25) is 0 Å². The van der Waals surface area contributed by atoms with Gasteiger partial charge < -0.3 is 9.80 Å². The standard InChI is InChI=1S/C15H26N2O/c1-13-7-3-6-11-16(13)14(18)17-12-10-15(17)8-4-2-5-9-15/h13H,2-12H2,1H3. The van der Waals surface area contributed by atoms with Crippen LogP contribution >= 0.6 is 0 Å². The zero-order valence-electron chi connectivity index (χ0n) is 11.7. The first-order chi connectivity index (χ1) is 8.73. The molecule has 0 aromatic heterocycles. The maximum Gasteiger partial charge on any atom is 0.320 e. The lowest BCUT2D eigenvalue weighted by Gasteiger charge is -2.56. The van der Waals surface area contributed by atoms with E-state index in [0.717, 1.165) is 13.1 Å². The van der Waals surface area contributed by atoms with E-state index in [1.807, 2.05) is 0 Å². The molecular weight excluding hydrogens is 224 g/mol. The van der Waals surface area contributed by atoms with Crippen LogP contribution in [0.1, 0.15) is 64.7 Å². The van der Waals surface area contributed by atoms with Crippen LogP contribution in [0.4, 0.5) is 4.79 Å². The van der Waals surface area contributed by atoms with Gasteiger partial charge in [0, 0.05) is 24.7 Å². The molecule has 1 atom stereocenters. The van der Waals surface area contributed by atoms with Crippen LogP contribution in [0.2, 0.25) is 0 Å². The van der Waals surface area contributed by atoms with Crippen molar-refractivity contribution in [3.8, 4) is 0 Å². The molecular formula is C15H26N2O. The van der Waals surface area contributed by atoms with Gasteiger partial charge in [-0.15, -0.1) is 0 Å². The molecule has 1 saturated carbocycles. The van der Waals surface area contributed by atoms with Crippen LogP contribution in [0.15, 0.2) is 0 Å². The lowest BCUT2D eigenvalue weighted by Crippen LogP contribution is -2.66. The molecule has 2 aliphatic heterocycles. The summed E-state index contributed by atoms with van der Waals surface area (Å²) in [4.78, 5) is 17.1. The number of likely N-dealkylation sites (tertiary alicyclic amines) is 2. The zero-order chi connectivity index (χ0) is 12.6. The largest absolute Gasteiger partial charge is 0.322 e. The second-order valence-electron chi connectivity index (χ2n) is 6.51. The first kappa shape index (κ1) is 12.3. The molecule has 2 amide bonds. The van der Waals surface area contributed by atoms with E-state index in [9.17, 15) is 4.79 Å². The van der Waals surface area contributed by atoms with Gasteiger partial charge in [-0.25, -0.2) is 4.79 Å². The predicted molar refractivity (Wildman–Crippen MR) is 72.6 cm³/mol. The smallest absolute Gasteiger partial charge is 0.320 e. The van der Waals surface area contributed by atoms with Crippen molar-refractivity contribution in [2.24, 2.45) is 0 Å². The molecule has 3 heteroatoms. The monoisotopic (exact) mass is 250 g/mol. The fourth-order valence-electron chi connectivity index (χ4n) is 4.11. The molecule has 0 bridgehead atoms. The van der Waals surface area contributed by atoms with E-state index in [-0.39, 0.29) is 5.54 Å². The van der Waals surface area contributed by atoms with Gasteiger partial charge in [0.15, 0.2) is 0 Å². The van der Waals surface area contributed by atoms with E-state index in [1.165, 1.54) is 57.8 Å². The van der Waals surface area contributed by atoms with E-state index in [1.54, 1.807) is 0 Å². The molecule has 2 saturated heterocycles. The van der Waals surface area contributed by atoms with Crippen molar-refractivity contribution in [2.75, 3.05) is 13.1 Å². The fourth-order valence-corrected chi connectivity index (χ4v) is 4.11. The molecule has 2 heterocycles. The number of hydrogen-bond acceptors (Lipinski definition) is 1. The van der Waals surface area contributed by atoms with Gasteiger partial charge in [-0.1, -0.05) is 19.3 Å². The summed E-state index contributed by atoms with van der Waals surface area (Å²) in [6.07, 6.45) is 11.4. The molecule has 1 unspecified atom stereocenters. The van der Waals surface area contributed by atoms with E-state index in [4.69, 9.17) is 0 Å². The third-order valence-corrected chi connectivity index (χ3v) is 5.44. The summed E-state index contributed by atoms with van der Waals surface area (Å²) in [6.45, 7) is 4.19. The van der Waals surface area contributed by atoms with Gasteiger partial charge in [0.05, 0.1) is 0 Å². The SMILES string of the molecule is CC1CCCCN1C(=O)N1CCC12CCCCC2. The Kier molecular flexibility index (Phi) is 3.25. The highest BCUT2D eigenvalue weighted by atomic mass is 16.2. The summed E-state index contributed by atoms with van der Waals surface area (Å²) in [5.74, 6) is 0. The van der Waals surface area contributed by atoms with Crippen LogP contribution in [0.3, 0.4) is 0 Å². The topological polar surface area (TPSA) is 23.6 Å². The van der Waals surface area contributed by atoms with Crippen LogP contribution in [-0.2, 0) is 0 Å². The highest BCUT2D eigenvalue weighted by molar-refractivity contribution is 5.77. The molecule has 0 N–H and O–H groups in total. The number of carbonyl (C=O) groups is 1. The number of carbonyl (C=O) groups excluding carboxylic acids is 1. The lowest BCUT2D eigenvalue weighted by molar-refractivity contribution is -0.0242. The molecule has 0 radical (unpaired) electrons. The Morgan fingerprint density at radius 3 is 2.39 bits per heavy atom. The Labute approximate surface area is 111 Å². The third-order valence-electron chi connectivity index (χ3n) is 5.44. The summed E-state index contributed by atoms with van der Waals surface area (Å²) < 4.78 is 0. The van der Waals surface area contributed by atoms with E-state index in [0.29, 0.717) is 12.1 Å². The predicted octanol–water partition coefficient (Wildman–Crippen LogP) is 3.39. The fraction of sp³-hybridized carbons (Fsp3) is 0.933. The molecule has 3 nitrogen and oxygen atoms in total. The maximum absolute atomic E-state index is 12.7. The van der Waals surface area contributed by atoms with Crippen molar-refractivity contribution in [3.05, 3.63) is 0 Å². The van der Waals surface area contributed by atoms with Gasteiger partial charge in [-0.2, -0.15) is 0 Å². The van der Waals surface area contributed by atoms with Crippen LogP contribution in [0.5, 0.6) is 0 Å². The van der Waals surface area contributed by atoms with Crippen LogP contribution in [0.25, 0.3) is 0 Å². The van der Waals surface area contributed by atoms with Crippen LogP contribution in [0, 0.1) is 0 Å². The number of nitrogens with zero attached hydrogens (tertiary/aromatic N) is 2. The normalized spacial score (nSPS) is 31.3. The Morgan fingerprint density at radius 1 is 1.00 bits per heavy atom. The minimum absolute atomic E-state index is 0.270. The summed E-state index contributed by atoms with van der Waals surface area (Å²) in [5, 5.41) is 0. The molecule has 3 aliphatic rings. The molecule has 0 aromatic rings. The van der Waals surface area contributed by atoms with Crippen molar-refractivity contribution in [3.63, 3.8) is 0 Å². The molecule has 1 aliphatic carbocycles. The van der Waals surface area contributed by atoms with Crippen molar-refractivity contribution >= 4 is 6.03 Å². The molecule has 3 fully saturated rings. The Bertz CT molecular complexity index is 322. The van der Waals surface area contributed by atoms with E-state index < -0.39 is 0 Å². The number of hydrogen-bond donors (Lipinski definition) is 0. The molecule has 0 aromatic carbocycles. The summed E-state index contributed by atoms with van der Waals surface area (Å²) >= 11 is 0. The summed E-state index contributed by atoms with van der Waals surface area (Å²) in [5.41, 5.74) is 0.270. The summed E-state index contributed by atoms with van der Waals surface area (Å²) in [6, 6.07) is 0.794. The Morgan fingerprint density at radius 2 is 1.78 bits per heavy atom. The average molecular weight is 250 g/mol. The third kappa shape index (κ3) is 1.92. The van der Waals surface area contributed by atoms with Gasteiger partial charge >= 0.3 is 6.03 Å². The number of rotatable bonds is 0. The van der Waals surface area contributed by atoms with E-state index in [2.05, 4.69) is 16.7 Å². The second-order valence-corrected chi connectivity index (χ2v) is 6.51. The summed E-state index contributed by atoms with van der Waals surface area (Å²) in [7, 11) is 0. The highest BCUT2D eigenvalue weighted by Gasteiger charge is 2.49. The quantitative estimate of drug-likeness (QED) is 0.646. The molecule has 102 valence electrons. The van der Waals surface area contributed by atoms with Gasteiger partial charge in [-0.05, 0) is 45.4 Å². The Balaban J connectivity index is 1.68. The highest BCUT2D eigenvalue weighted by Crippen LogP contribution is 2.43. The van der Waals surface area contributed by atoms with Crippen molar-refractivity contribution < 1.29 is 4.79 Å². The molecule has 3 rings (SSSR count).